The molecule has 0 amide bonds. The van der Waals surface area contributed by atoms with Crippen LogP contribution in [0.2, 0.25) is 0 Å². The average molecular weight is 235 g/mol. The molecule has 0 aromatic carbocycles. The van der Waals surface area contributed by atoms with Gasteiger partial charge in [-0.25, -0.2) is 0 Å². The van der Waals surface area contributed by atoms with Gasteiger partial charge in [0.15, 0.2) is 0 Å². The van der Waals surface area contributed by atoms with Crippen molar-refractivity contribution in [3.05, 3.63) is 18.0 Å². The maximum Gasteiger partial charge on any atom is 0.0624 e. The second-order valence-electron chi connectivity index (χ2n) is 5.71. The highest BCUT2D eigenvalue weighted by Crippen LogP contribution is 2.19. The van der Waals surface area contributed by atoms with Crippen molar-refractivity contribution < 1.29 is 0 Å². The van der Waals surface area contributed by atoms with Gasteiger partial charge in [0, 0.05) is 18.3 Å². The number of aromatic nitrogens is 2. The number of nitrogens with zero attached hydrogens (tertiary/aromatic N) is 2. The zero-order valence-corrected chi connectivity index (χ0v) is 11.3. The Bertz CT molecular complexity index is 339. The third-order valence-corrected chi connectivity index (χ3v) is 3.42. The van der Waals surface area contributed by atoms with Crippen molar-refractivity contribution in [2.45, 2.75) is 58.5 Å². The van der Waals surface area contributed by atoms with E-state index in [9.17, 15) is 0 Å². The highest BCUT2D eigenvalue weighted by Gasteiger charge is 2.20. The molecule has 1 heterocycles. The third-order valence-electron chi connectivity index (χ3n) is 3.42. The molecule has 1 aliphatic carbocycles. The smallest absolute Gasteiger partial charge is 0.0624 e. The van der Waals surface area contributed by atoms with E-state index in [1.165, 1.54) is 25.0 Å². The molecule has 2 rings (SSSR count). The zero-order valence-electron chi connectivity index (χ0n) is 11.3. The van der Waals surface area contributed by atoms with Crippen LogP contribution in [-0.4, -0.2) is 22.4 Å². The normalized spacial score (nSPS) is 17.6. The van der Waals surface area contributed by atoms with Crippen LogP contribution in [0.5, 0.6) is 0 Å². The SMILES string of the molecule is CC(CCc1ccn(C(C)C)n1)CNC1CC1. The van der Waals surface area contributed by atoms with Crippen LogP contribution < -0.4 is 5.32 Å². The monoisotopic (exact) mass is 235 g/mol. The first-order valence-corrected chi connectivity index (χ1v) is 6.92. The molecule has 17 heavy (non-hydrogen) atoms. The van der Waals surface area contributed by atoms with Gasteiger partial charge in [0.1, 0.15) is 0 Å². The van der Waals surface area contributed by atoms with Crippen LogP contribution in [0.3, 0.4) is 0 Å². The summed E-state index contributed by atoms with van der Waals surface area (Å²) in [7, 11) is 0. The molecule has 3 nitrogen and oxygen atoms in total. The van der Waals surface area contributed by atoms with Gasteiger partial charge in [-0.1, -0.05) is 6.92 Å². The predicted molar refractivity (Wildman–Crippen MR) is 71.1 cm³/mol. The fourth-order valence-electron chi connectivity index (χ4n) is 1.95. The fraction of sp³-hybridized carbons (Fsp3) is 0.786. The van der Waals surface area contributed by atoms with E-state index < -0.39 is 0 Å². The molecule has 1 saturated carbocycles. The van der Waals surface area contributed by atoms with E-state index in [-0.39, 0.29) is 0 Å². The summed E-state index contributed by atoms with van der Waals surface area (Å²) in [5.74, 6) is 0.750. The first-order chi connectivity index (χ1) is 8.15. The molecule has 0 saturated heterocycles. The quantitative estimate of drug-likeness (QED) is 0.787. The van der Waals surface area contributed by atoms with Crippen LogP contribution in [0, 0.1) is 5.92 Å². The van der Waals surface area contributed by atoms with Crippen molar-refractivity contribution in [1.29, 1.82) is 0 Å². The standard InChI is InChI=1S/C14H25N3/c1-11(2)17-9-8-14(16-17)5-4-12(3)10-15-13-6-7-13/h8-9,11-13,15H,4-7,10H2,1-3H3. The van der Waals surface area contributed by atoms with Crippen LogP contribution in [0.1, 0.15) is 51.8 Å². The molecule has 0 radical (unpaired) electrons. The number of nitrogens with one attached hydrogen (secondary N) is 1. The molecule has 1 aromatic rings. The highest BCUT2D eigenvalue weighted by atomic mass is 15.3. The van der Waals surface area contributed by atoms with Crippen LogP contribution in [-0.2, 0) is 6.42 Å². The van der Waals surface area contributed by atoms with Gasteiger partial charge in [0.2, 0.25) is 0 Å². The van der Waals surface area contributed by atoms with Crippen LogP contribution in [0.25, 0.3) is 0 Å². The van der Waals surface area contributed by atoms with E-state index in [0.717, 1.165) is 24.9 Å². The summed E-state index contributed by atoms with van der Waals surface area (Å²) < 4.78 is 2.04. The molecule has 3 heteroatoms. The lowest BCUT2D eigenvalue weighted by molar-refractivity contribution is 0.472. The summed E-state index contributed by atoms with van der Waals surface area (Å²) in [6.45, 7) is 7.82. The summed E-state index contributed by atoms with van der Waals surface area (Å²) in [5.41, 5.74) is 1.23. The van der Waals surface area contributed by atoms with Crippen molar-refractivity contribution in [3.63, 3.8) is 0 Å². The minimum Gasteiger partial charge on any atom is -0.314 e. The molecule has 1 N–H and O–H groups in total. The second-order valence-corrected chi connectivity index (χ2v) is 5.71. The molecular formula is C14H25N3. The molecule has 1 unspecified atom stereocenters. The molecule has 1 aromatic heterocycles. The Labute approximate surface area is 105 Å². The Morgan fingerprint density at radius 2 is 2.18 bits per heavy atom. The van der Waals surface area contributed by atoms with E-state index in [1.54, 1.807) is 0 Å². The Morgan fingerprint density at radius 3 is 2.76 bits per heavy atom. The van der Waals surface area contributed by atoms with Gasteiger partial charge in [0.05, 0.1) is 5.69 Å². The third kappa shape index (κ3) is 4.15. The predicted octanol–water partition coefficient (Wildman–Crippen LogP) is 2.78. The van der Waals surface area contributed by atoms with Crippen molar-refractivity contribution in [2.24, 2.45) is 5.92 Å². The Hall–Kier alpha value is -0.830. The average Bonchev–Trinajstić information content (AvgIpc) is 3.00. The lowest BCUT2D eigenvalue weighted by Crippen LogP contribution is -2.23. The van der Waals surface area contributed by atoms with Crippen LogP contribution in [0.4, 0.5) is 0 Å². The van der Waals surface area contributed by atoms with Crippen molar-refractivity contribution >= 4 is 0 Å². The molecule has 0 bridgehead atoms. The van der Waals surface area contributed by atoms with Gasteiger partial charge in [-0.2, -0.15) is 5.10 Å². The summed E-state index contributed by atoms with van der Waals surface area (Å²) in [6.07, 6.45) is 7.19. The maximum atomic E-state index is 4.59. The van der Waals surface area contributed by atoms with Crippen LogP contribution in [0.15, 0.2) is 12.3 Å². The lowest BCUT2D eigenvalue weighted by atomic mass is 10.0. The summed E-state index contributed by atoms with van der Waals surface area (Å²) in [4.78, 5) is 0. The second kappa shape index (κ2) is 5.67. The van der Waals surface area contributed by atoms with Crippen LogP contribution >= 0.6 is 0 Å². The number of hydrogen-bond acceptors (Lipinski definition) is 2. The molecule has 96 valence electrons. The topological polar surface area (TPSA) is 29.9 Å². The first-order valence-electron chi connectivity index (χ1n) is 6.92. The minimum absolute atomic E-state index is 0.470. The molecule has 1 fully saturated rings. The fourth-order valence-corrected chi connectivity index (χ4v) is 1.95. The zero-order chi connectivity index (χ0) is 12.3. The summed E-state index contributed by atoms with van der Waals surface area (Å²) in [6, 6.07) is 3.46. The molecule has 1 atom stereocenters. The number of hydrogen-bond donors (Lipinski definition) is 1. The van der Waals surface area contributed by atoms with Gasteiger partial charge in [-0.15, -0.1) is 0 Å². The van der Waals surface area contributed by atoms with Gasteiger partial charge in [0.25, 0.3) is 0 Å². The summed E-state index contributed by atoms with van der Waals surface area (Å²) in [5, 5.41) is 8.18. The lowest BCUT2D eigenvalue weighted by Gasteiger charge is -2.11. The van der Waals surface area contributed by atoms with E-state index in [0.29, 0.717) is 6.04 Å². The molecule has 0 aliphatic heterocycles. The molecule has 1 aliphatic rings. The van der Waals surface area contributed by atoms with Gasteiger partial charge in [-0.3, -0.25) is 4.68 Å². The maximum absolute atomic E-state index is 4.59. The van der Waals surface area contributed by atoms with E-state index in [4.69, 9.17) is 0 Å². The minimum atomic E-state index is 0.470. The first kappa shape index (κ1) is 12.6. The highest BCUT2D eigenvalue weighted by molar-refractivity contribution is 4.99. The Balaban J connectivity index is 1.68. The van der Waals surface area contributed by atoms with Crippen molar-refractivity contribution in [1.82, 2.24) is 15.1 Å². The Kier molecular flexibility index (Phi) is 4.21. The van der Waals surface area contributed by atoms with Gasteiger partial charge < -0.3 is 5.32 Å². The Morgan fingerprint density at radius 1 is 1.41 bits per heavy atom. The molecular weight excluding hydrogens is 210 g/mol. The van der Waals surface area contributed by atoms with E-state index in [2.05, 4.69) is 43.4 Å². The number of rotatable bonds is 7. The molecule has 0 spiro atoms. The van der Waals surface area contributed by atoms with Crippen molar-refractivity contribution in [3.8, 4) is 0 Å². The van der Waals surface area contributed by atoms with E-state index in [1.807, 2.05) is 4.68 Å². The van der Waals surface area contributed by atoms with Gasteiger partial charge >= 0.3 is 0 Å². The number of aryl methyl sites for hydroxylation is 1. The van der Waals surface area contributed by atoms with E-state index >= 15 is 0 Å². The van der Waals surface area contributed by atoms with Gasteiger partial charge in [-0.05, 0) is 58.1 Å². The summed E-state index contributed by atoms with van der Waals surface area (Å²) >= 11 is 0. The largest absolute Gasteiger partial charge is 0.314 e. The van der Waals surface area contributed by atoms with Crippen molar-refractivity contribution in [2.75, 3.05) is 6.54 Å².